The minimum absolute atomic E-state index is 0.265. The fourth-order valence-corrected chi connectivity index (χ4v) is 3.98. The maximum Gasteiger partial charge on any atom is 0.323 e. The Labute approximate surface area is 173 Å². The number of urea groups is 1. The Kier molecular flexibility index (Phi) is 4.39. The number of nitrogens with zero attached hydrogens (tertiary/aromatic N) is 5. The summed E-state index contributed by atoms with van der Waals surface area (Å²) in [5, 5.41) is 7.33. The number of likely N-dealkylation sites (N-methyl/N-ethyl adjacent to an activating group) is 1. The van der Waals surface area contributed by atoms with Gasteiger partial charge in [0.2, 0.25) is 0 Å². The summed E-state index contributed by atoms with van der Waals surface area (Å²) in [6.45, 7) is 2.94. The lowest BCUT2D eigenvalue weighted by atomic mass is 10.1. The number of aromatic nitrogens is 3. The number of hydrogen-bond acceptors (Lipinski definition) is 5. The van der Waals surface area contributed by atoms with Crippen molar-refractivity contribution in [2.45, 2.75) is 19.1 Å². The number of fused-ring (bicyclic) bond motifs is 1. The molecule has 0 aliphatic carbocycles. The highest BCUT2D eigenvalue weighted by Crippen LogP contribution is 2.29. The summed E-state index contributed by atoms with van der Waals surface area (Å²) in [7, 11) is 2.08. The Balaban J connectivity index is 1.31. The number of rotatable bonds is 3. The smallest absolute Gasteiger partial charge is 0.323 e. The Morgan fingerprint density at radius 3 is 2.67 bits per heavy atom. The summed E-state index contributed by atoms with van der Waals surface area (Å²) in [4.78, 5) is 21.3. The van der Waals surface area contributed by atoms with E-state index in [0.29, 0.717) is 36.3 Å². The number of halogens is 1. The third-order valence-electron chi connectivity index (χ3n) is 5.66. The predicted molar refractivity (Wildman–Crippen MR) is 111 cm³/mol. The first-order valence-electron chi connectivity index (χ1n) is 9.80. The number of likely N-dealkylation sites (tertiary alicyclic amines) is 1. The number of nitrogen functional groups attached to an aromatic ring is 1. The molecular formula is C21H22FN7O. The fourth-order valence-electron chi connectivity index (χ4n) is 3.98. The van der Waals surface area contributed by atoms with Crippen molar-refractivity contribution in [3.05, 3.63) is 59.7 Å². The highest BCUT2D eigenvalue weighted by molar-refractivity contribution is 5.92. The molecular weight excluding hydrogens is 385 g/mol. The molecule has 1 fully saturated rings. The van der Waals surface area contributed by atoms with Crippen molar-refractivity contribution in [3.63, 3.8) is 0 Å². The van der Waals surface area contributed by atoms with Crippen LogP contribution in [-0.4, -0.2) is 50.7 Å². The fraction of sp³-hybridized carbons (Fsp3) is 0.286. The highest BCUT2D eigenvalue weighted by atomic mass is 19.1. The zero-order chi connectivity index (χ0) is 20.8. The van der Waals surface area contributed by atoms with Gasteiger partial charge in [0.15, 0.2) is 5.82 Å². The molecule has 8 nitrogen and oxygen atoms in total. The molecule has 9 heteroatoms. The molecule has 3 N–H and O–H groups in total. The molecule has 5 rings (SSSR count). The van der Waals surface area contributed by atoms with Crippen LogP contribution in [0.2, 0.25) is 0 Å². The number of nitrogens with one attached hydrogen (secondary N) is 1. The van der Waals surface area contributed by atoms with Gasteiger partial charge in [0, 0.05) is 24.2 Å². The van der Waals surface area contributed by atoms with Crippen LogP contribution in [0.1, 0.15) is 17.3 Å². The van der Waals surface area contributed by atoms with Crippen molar-refractivity contribution in [1.82, 2.24) is 24.6 Å². The molecule has 0 atom stereocenters. The first kappa shape index (κ1) is 18.6. The van der Waals surface area contributed by atoms with E-state index in [1.807, 2.05) is 10.9 Å². The summed E-state index contributed by atoms with van der Waals surface area (Å²) in [6.07, 6.45) is 1.85. The van der Waals surface area contributed by atoms with Gasteiger partial charge in [-0.2, -0.15) is 5.10 Å². The van der Waals surface area contributed by atoms with Crippen molar-refractivity contribution in [2.75, 3.05) is 31.2 Å². The van der Waals surface area contributed by atoms with Gasteiger partial charge in [-0.05, 0) is 43.4 Å². The van der Waals surface area contributed by atoms with E-state index in [1.165, 1.54) is 12.1 Å². The van der Waals surface area contributed by atoms with Gasteiger partial charge in [-0.25, -0.2) is 14.2 Å². The van der Waals surface area contributed by atoms with Crippen molar-refractivity contribution < 1.29 is 9.18 Å². The Hall–Kier alpha value is -3.46. The zero-order valence-corrected chi connectivity index (χ0v) is 16.5. The zero-order valence-electron chi connectivity index (χ0n) is 16.5. The number of hydrogen-bond donors (Lipinski definition) is 2. The van der Waals surface area contributed by atoms with Crippen LogP contribution in [-0.2, 0) is 13.1 Å². The predicted octanol–water partition coefficient (Wildman–Crippen LogP) is 2.70. The van der Waals surface area contributed by atoms with E-state index in [0.717, 1.165) is 29.9 Å². The summed E-state index contributed by atoms with van der Waals surface area (Å²) in [5.41, 5.74) is 9.91. The largest absolute Gasteiger partial charge is 0.396 e. The second-order valence-corrected chi connectivity index (χ2v) is 7.86. The molecule has 4 heterocycles. The molecule has 2 aromatic heterocycles. The van der Waals surface area contributed by atoms with Crippen LogP contribution in [0.5, 0.6) is 0 Å². The van der Waals surface area contributed by atoms with E-state index in [-0.39, 0.29) is 11.8 Å². The number of nitrogens with two attached hydrogens (primary N) is 1. The van der Waals surface area contributed by atoms with Gasteiger partial charge in [-0.1, -0.05) is 0 Å². The van der Waals surface area contributed by atoms with Crippen LogP contribution in [0.3, 0.4) is 0 Å². The first-order valence-corrected chi connectivity index (χ1v) is 9.80. The molecule has 2 aliphatic heterocycles. The number of anilines is 2. The lowest BCUT2D eigenvalue weighted by molar-refractivity contribution is 0.126. The number of amides is 2. The van der Waals surface area contributed by atoms with Gasteiger partial charge in [-0.15, -0.1) is 0 Å². The number of carbonyl (C=O) groups is 1. The molecule has 2 aliphatic rings. The van der Waals surface area contributed by atoms with Crippen LogP contribution in [0.25, 0.3) is 11.3 Å². The van der Waals surface area contributed by atoms with E-state index in [9.17, 15) is 9.18 Å². The van der Waals surface area contributed by atoms with E-state index >= 15 is 0 Å². The minimum atomic E-state index is -0.316. The maximum atomic E-state index is 13.2. The lowest BCUT2D eigenvalue weighted by Gasteiger charge is -2.37. The molecule has 30 heavy (non-hydrogen) atoms. The molecule has 3 aromatic rings. The van der Waals surface area contributed by atoms with E-state index in [2.05, 4.69) is 27.3 Å². The van der Waals surface area contributed by atoms with Gasteiger partial charge in [0.05, 0.1) is 42.4 Å². The minimum Gasteiger partial charge on any atom is -0.396 e. The van der Waals surface area contributed by atoms with Crippen LogP contribution >= 0.6 is 0 Å². The van der Waals surface area contributed by atoms with Crippen molar-refractivity contribution >= 4 is 17.5 Å². The molecule has 154 valence electrons. The van der Waals surface area contributed by atoms with Crippen molar-refractivity contribution in [3.8, 4) is 11.3 Å². The van der Waals surface area contributed by atoms with E-state index in [4.69, 9.17) is 5.73 Å². The SMILES string of the molecule is CN1CC(n2ncc3c2CN(C(=O)Nc2nc(-c4ccc(F)cc4)ccc2N)C3)C1. The summed E-state index contributed by atoms with van der Waals surface area (Å²) in [6, 6.07) is 9.55. The summed E-state index contributed by atoms with van der Waals surface area (Å²) in [5.74, 6) is -0.0246. The van der Waals surface area contributed by atoms with Crippen LogP contribution < -0.4 is 11.1 Å². The molecule has 1 aromatic carbocycles. The Bertz CT molecular complexity index is 1110. The summed E-state index contributed by atoms with van der Waals surface area (Å²) >= 11 is 0. The normalized spacial score (nSPS) is 16.4. The number of benzene rings is 1. The molecule has 0 unspecified atom stereocenters. The summed E-state index contributed by atoms with van der Waals surface area (Å²) < 4.78 is 15.2. The topological polar surface area (TPSA) is 92.3 Å². The Morgan fingerprint density at radius 2 is 1.93 bits per heavy atom. The molecule has 2 amide bonds. The molecule has 0 radical (unpaired) electrons. The molecule has 0 spiro atoms. The second kappa shape index (κ2) is 7.10. The number of pyridine rings is 1. The van der Waals surface area contributed by atoms with Crippen LogP contribution in [0.4, 0.5) is 20.7 Å². The van der Waals surface area contributed by atoms with Gasteiger partial charge < -0.3 is 15.5 Å². The van der Waals surface area contributed by atoms with Gasteiger partial charge >= 0.3 is 6.03 Å². The molecule has 1 saturated heterocycles. The van der Waals surface area contributed by atoms with Crippen LogP contribution in [0, 0.1) is 5.82 Å². The standard InChI is InChI=1S/C21H22FN7O/c1-27-10-16(11-27)29-19-12-28(9-14(19)8-24-29)21(30)26-20-17(23)6-7-18(25-20)13-2-4-15(22)5-3-13/h2-8,16H,9-12,23H2,1H3,(H,25,26,30). The van der Waals surface area contributed by atoms with Gasteiger partial charge in [0.25, 0.3) is 0 Å². The monoisotopic (exact) mass is 407 g/mol. The quantitative estimate of drug-likeness (QED) is 0.697. The first-order chi connectivity index (χ1) is 14.5. The average molecular weight is 407 g/mol. The molecule has 0 saturated carbocycles. The van der Waals surface area contributed by atoms with E-state index < -0.39 is 0 Å². The van der Waals surface area contributed by atoms with Crippen molar-refractivity contribution in [2.24, 2.45) is 0 Å². The van der Waals surface area contributed by atoms with Gasteiger partial charge in [0.1, 0.15) is 5.82 Å². The number of carbonyl (C=O) groups excluding carboxylic acids is 1. The van der Waals surface area contributed by atoms with E-state index in [1.54, 1.807) is 29.2 Å². The average Bonchev–Trinajstić information content (AvgIpc) is 3.29. The van der Waals surface area contributed by atoms with Crippen molar-refractivity contribution in [1.29, 1.82) is 0 Å². The second-order valence-electron chi connectivity index (χ2n) is 7.86. The van der Waals surface area contributed by atoms with Gasteiger partial charge in [-0.3, -0.25) is 10.00 Å². The maximum absolute atomic E-state index is 13.2. The lowest BCUT2D eigenvalue weighted by Crippen LogP contribution is -2.45. The Morgan fingerprint density at radius 1 is 1.17 bits per heavy atom. The highest BCUT2D eigenvalue weighted by Gasteiger charge is 2.33. The van der Waals surface area contributed by atoms with Crippen LogP contribution in [0.15, 0.2) is 42.6 Å². The third kappa shape index (κ3) is 3.26. The molecule has 0 bridgehead atoms. The third-order valence-corrected chi connectivity index (χ3v) is 5.66.